The van der Waals surface area contributed by atoms with Gasteiger partial charge in [-0.1, -0.05) is 13.8 Å². The van der Waals surface area contributed by atoms with Gasteiger partial charge in [-0.05, 0) is 82.1 Å². The standard InChI is InChI=1S/C54H106O25/c1-38(2)14-64-26-52(27-65-15-39(3)55,28-66-16-40(4)56)34-72-22-46(10)76-50(62)78-48(12)24-74-36-54(32-70-20-44(8)60,33-71-21-45(9)61)37-75-25-49(13)79-51(63)77-47(11)23-73-35-53(29-67-17-41(5)57,30-68-18-42(6)58)31-69-19-43(7)59/h38-49,55-61H,14-37H2,1-13H3. The minimum Gasteiger partial charge on any atom is -0.429 e. The molecule has 0 saturated heterocycles. The summed E-state index contributed by atoms with van der Waals surface area (Å²) in [4.78, 5) is 25.8. The van der Waals surface area contributed by atoms with Gasteiger partial charge in [0.1, 0.15) is 24.4 Å². The third-order valence-corrected chi connectivity index (χ3v) is 10.5. The van der Waals surface area contributed by atoms with E-state index in [2.05, 4.69) is 0 Å². The van der Waals surface area contributed by atoms with E-state index in [9.17, 15) is 45.3 Å². The Bertz CT molecular complexity index is 1290. The number of hydrogen-bond acceptors (Lipinski definition) is 25. The molecule has 0 aliphatic heterocycles. The molecule has 0 radical (unpaired) electrons. The summed E-state index contributed by atoms with van der Waals surface area (Å²) in [6.45, 7) is 22.5. The minimum atomic E-state index is -1.04. The molecule has 0 rings (SSSR count). The second-order valence-electron chi connectivity index (χ2n) is 22.2. The van der Waals surface area contributed by atoms with E-state index in [1.54, 1.807) is 76.2 Å². The van der Waals surface area contributed by atoms with Gasteiger partial charge < -0.3 is 112 Å². The topological polar surface area (TPSA) is 323 Å². The Morgan fingerprint density at radius 1 is 0.253 bits per heavy atom. The molecule has 11 atom stereocenters. The summed E-state index contributed by atoms with van der Waals surface area (Å²) in [7, 11) is 0. The van der Waals surface area contributed by atoms with Crippen LogP contribution in [0.15, 0.2) is 0 Å². The van der Waals surface area contributed by atoms with Crippen molar-refractivity contribution in [3.8, 4) is 0 Å². The molecular weight excluding hydrogens is 1050 g/mol. The van der Waals surface area contributed by atoms with E-state index in [-0.39, 0.29) is 158 Å². The van der Waals surface area contributed by atoms with E-state index in [4.69, 9.17) is 75.8 Å². The molecule has 25 heteroatoms. The average Bonchev–Trinajstić information content (AvgIpc) is 3.30. The van der Waals surface area contributed by atoms with Crippen LogP contribution in [-0.2, 0) is 75.8 Å². The summed E-state index contributed by atoms with van der Waals surface area (Å²) in [6.07, 6.45) is -10.3. The summed E-state index contributed by atoms with van der Waals surface area (Å²) in [6, 6.07) is 0. The number of ether oxygens (including phenoxy) is 16. The Morgan fingerprint density at radius 2 is 0.392 bits per heavy atom. The first kappa shape index (κ1) is 76.8. The van der Waals surface area contributed by atoms with Crippen molar-refractivity contribution in [2.75, 3.05) is 159 Å². The first-order valence-corrected chi connectivity index (χ1v) is 27.6. The van der Waals surface area contributed by atoms with E-state index < -0.39 is 95.7 Å². The zero-order chi connectivity index (χ0) is 59.9. The van der Waals surface area contributed by atoms with Crippen molar-refractivity contribution < 1.29 is 121 Å². The summed E-state index contributed by atoms with van der Waals surface area (Å²) in [5.74, 6) is 0.261. The molecule has 0 aromatic carbocycles. The van der Waals surface area contributed by atoms with Crippen molar-refractivity contribution in [1.29, 1.82) is 0 Å². The van der Waals surface area contributed by atoms with Gasteiger partial charge in [0.25, 0.3) is 0 Å². The lowest BCUT2D eigenvalue weighted by atomic mass is 9.92. The van der Waals surface area contributed by atoms with Crippen molar-refractivity contribution in [3.63, 3.8) is 0 Å². The predicted molar refractivity (Wildman–Crippen MR) is 287 cm³/mol. The Labute approximate surface area is 470 Å². The molecular formula is C54H106O25. The van der Waals surface area contributed by atoms with Crippen molar-refractivity contribution in [1.82, 2.24) is 0 Å². The number of carbonyl (C=O) groups excluding carboxylic acids is 2. The fourth-order valence-corrected chi connectivity index (χ4v) is 7.00. The zero-order valence-electron chi connectivity index (χ0n) is 49.9. The fraction of sp³-hybridized carbons (Fsp3) is 0.963. The number of hydrogen-bond donors (Lipinski definition) is 7. The lowest BCUT2D eigenvalue weighted by molar-refractivity contribution is -0.135. The predicted octanol–water partition coefficient (Wildman–Crippen LogP) is 2.33. The highest BCUT2D eigenvalue weighted by Gasteiger charge is 2.37. The van der Waals surface area contributed by atoms with Crippen LogP contribution in [0.5, 0.6) is 0 Å². The molecule has 25 nitrogen and oxygen atoms in total. The van der Waals surface area contributed by atoms with Gasteiger partial charge in [-0.2, -0.15) is 0 Å². The second-order valence-corrected chi connectivity index (χ2v) is 22.2. The summed E-state index contributed by atoms with van der Waals surface area (Å²) >= 11 is 0. The molecule has 7 N–H and O–H groups in total. The summed E-state index contributed by atoms with van der Waals surface area (Å²) in [5.41, 5.74) is -2.77. The molecule has 0 aromatic heterocycles. The third kappa shape index (κ3) is 43.1. The Kier molecular flexibility index (Phi) is 43.1. The van der Waals surface area contributed by atoms with Crippen LogP contribution in [0.1, 0.15) is 90.0 Å². The molecule has 0 aromatic rings. The molecule has 0 fully saturated rings. The van der Waals surface area contributed by atoms with Gasteiger partial charge in [0.2, 0.25) is 0 Å². The molecule has 11 unspecified atom stereocenters. The zero-order valence-corrected chi connectivity index (χ0v) is 49.9. The SMILES string of the molecule is CC(C)COCC(COCC(C)O)(COCC(C)O)COCC(C)OC(=O)OC(C)COCC(COCC(C)O)(COCC(C)O)COCC(C)OC(=O)OC(C)COCC(COCC(C)O)(COCC(C)O)COCC(C)O. The molecule has 0 amide bonds. The third-order valence-electron chi connectivity index (χ3n) is 10.5. The van der Waals surface area contributed by atoms with Crippen molar-refractivity contribution in [2.45, 2.75) is 157 Å². The van der Waals surface area contributed by atoms with E-state index in [1.165, 1.54) is 0 Å². The van der Waals surface area contributed by atoms with Gasteiger partial charge >= 0.3 is 12.3 Å². The van der Waals surface area contributed by atoms with Gasteiger partial charge in [0, 0.05) is 6.61 Å². The Hall–Kier alpha value is -2.22. The van der Waals surface area contributed by atoms with Gasteiger partial charge in [-0.15, -0.1) is 0 Å². The van der Waals surface area contributed by atoms with Crippen LogP contribution in [0, 0.1) is 22.2 Å². The van der Waals surface area contributed by atoms with Gasteiger partial charge in [-0.25, -0.2) is 9.59 Å². The smallest absolute Gasteiger partial charge is 0.429 e. The first-order chi connectivity index (χ1) is 37.1. The average molecular weight is 1160 g/mol. The molecule has 472 valence electrons. The van der Waals surface area contributed by atoms with E-state index >= 15 is 0 Å². The number of rotatable bonds is 52. The molecule has 79 heavy (non-hydrogen) atoms. The van der Waals surface area contributed by atoms with E-state index in [1.807, 2.05) is 13.8 Å². The van der Waals surface area contributed by atoms with Crippen LogP contribution in [0.3, 0.4) is 0 Å². The van der Waals surface area contributed by atoms with Crippen LogP contribution >= 0.6 is 0 Å². The lowest BCUT2D eigenvalue weighted by Gasteiger charge is -2.34. The summed E-state index contributed by atoms with van der Waals surface area (Å²) in [5, 5.41) is 68.9. The van der Waals surface area contributed by atoms with Crippen LogP contribution in [0.25, 0.3) is 0 Å². The molecule has 0 aliphatic rings. The maximum absolute atomic E-state index is 12.9. The number of aliphatic hydroxyl groups excluding tert-OH is 7. The number of aliphatic hydroxyl groups is 7. The van der Waals surface area contributed by atoms with Crippen LogP contribution < -0.4 is 0 Å². The number of carbonyl (C=O) groups is 2. The van der Waals surface area contributed by atoms with E-state index in [0.717, 1.165) is 0 Å². The lowest BCUT2D eigenvalue weighted by Crippen LogP contribution is -2.44. The van der Waals surface area contributed by atoms with Crippen LogP contribution in [-0.4, -0.2) is 274 Å². The Balaban J connectivity index is 5.68. The minimum absolute atomic E-state index is 0.00722. The van der Waals surface area contributed by atoms with Crippen molar-refractivity contribution in [3.05, 3.63) is 0 Å². The molecule has 0 saturated carbocycles. The Morgan fingerprint density at radius 3 is 0.532 bits per heavy atom. The molecule has 0 spiro atoms. The fourth-order valence-electron chi connectivity index (χ4n) is 7.00. The molecule has 0 aliphatic carbocycles. The van der Waals surface area contributed by atoms with Crippen molar-refractivity contribution in [2.24, 2.45) is 22.2 Å². The van der Waals surface area contributed by atoms with Crippen molar-refractivity contribution >= 4 is 12.3 Å². The van der Waals surface area contributed by atoms with Gasteiger partial charge in [0.05, 0.1) is 211 Å². The van der Waals surface area contributed by atoms with Gasteiger partial charge in [-0.3, -0.25) is 0 Å². The normalized spacial score (nSPS) is 18.6. The van der Waals surface area contributed by atoms with Crippen LogP contribution in [0.2, 0.25) is 0 Å². The largest absolute Gasteiger partial charge is 0.508 e. The summed E-state index contributed by atoms with van der Waals surface area (Å²) < 4.78 is 92.6. The highest BCUT2D eigenvalue weighted by atomic mass is 16.7. The quantitative estimate of drug-likeness (QED) is 0.0430. The maximum atomic E-state index is 12.9. The van der Waals surface area contributed by atoms with Gasteiger partial charge in [0.15, 0.2) is 0 Å². The van der Waals surface area contributed by atoms with Crippen LogP contribution in [0.4, 0.5) is 9.59 Å². The second kappa shape index (κ2) is 44.3. The highest BCUT2D eigenvalue weighted by molar-refractivity contribution is 5.60. The first-order valence-electron chi connectivity index (χ1n) is 27.6. The monoisotopic (exact) mass is 1150 g/mol. The maximum Gasteiger partial charge on any atom is 0.508 e. The molecule has 0 bridgehead atoms. The van der Waals surface area contributed by atoms with E-state index in [0.29, 0.717) is 6.61 Å². The highest BCUT2D eigenvalue weighted by Crippen LogP contribution is 2.25. The molecule has 0 heterocycles.